The van der Waals surface area contributed by atoms with Gasteiger partial charge >= 0.3 is 0 Å². The minimum atomic E-state index is -0.113. The number of rotatable bonds is 5. The summed E-state index contributed by atoms with van der Waals surface area (Å²) in [5, 5.41) is 0. The van der Waals surface area contributed by atoms with E-state index in [1.807, 2.05) is 13.8 Å². The Morgan fingerprint density at radius 2 is 2.00 bits per heavy atom. The molecule has 0 aliphatic rings. The lowest BCUT2D eigenvalue weighted by molar-refractivity contribution is -0.119. The van der Waals surface area contributed by atoms with Crippen molar-refractivity contribution in [2.45, 2.75) is 39.7 Å². The second-order valence-corrected chi connectivity index (χ2v) is 4.11. The first-order valence-corrected chi connectivity index (χ1v) is 4.30. The molecule has 0 aliphatic carbocycles. The molecule has 0 fully saturated rings. The maximum atomic E-state index is 10.6. The molecular formula is C10H19NO. The molecule has 0 N–H and O–H groups in total. The van der Waals surface area contributed by atoms with E-state index < -0.39 is 0 Å². The summed E-state index contributed by atoms with van der Waals surface area (Å²) >= 11 is 0. The highest BCUT2D eigenvalue weighted by Crippen LogP contribution is 2.21. The molecule has 0 atom stereocenters. The highest BCUT2D eigenvalue weighted by atomic mass is 16.1. The minimum absolute atomic E-state index is 0.113. The number of hydrogen-bond donors (Lipinski definition) is 0. The van der Waals surface area contributed by atoms with Crippen molar-refractivity contribution in [2.75, 3.05) is 0 Å². The summed E-state index contributed by atoms with van der Waals surface area (Å²) in [6, 6.07) is 0. The Kier molecular flexibility index (Phi) is 4.01. The summed E-state index contributed by atoms with van der Waals surface area (Å²) in [4.78, 5) is 12.2. The molecule has 0 rings (SSSR count). The predicted octanol–water partition coefficient (Wildman–Crippen LogP) is 2.41. The van der Waals surface area contributed by atoms with E-state index in [2.05, 4.69) is 20.4 Å². The molecule has 0 unspecified atom stereocenters. The average Bonchev–Trinajstić information content (AvgIpc) is 1.85. The van der Waals surface area contributed by atoms with Crippen LogP contribution < -0.4 is 0 Å². The molecule has 0 saturated heterocycles. The maximum absolute atomic E-state index is 10.6. The Morgan fingerprint density at radius 3 is 2.25 bits per heavy atom. The molecule has 0 saturated carbocycles. The van der Waals surface area contributed by atoms with Gasteiger partial charge in [0, 0.05) is 5.54 Å². The Morgan fingerprint density at radius 1 is 1.50 bits per heavy atom. The highest BCUT2D eigenvalue weighted by molar-refractivity contribution is 5.50. The first kappa shape index (κ1) is 11.2. The molecule has 0 aromatic heterocycles. The zero-order valence-electron chi connectivity index (χ0n) is 8.50. The van der Waals surface area contributed by atoms with E-state index >= 15 is 0 Å². The standard InChI is InChI=1S/C10H19NO/c1-6-11(8-12)10(4,5)7-9(2)3/h6,8-9H,1,7H2,2-5H3. The fraction of sp³-hybridized carbons (Fsp3) is 0.700. The normalized spacial score (nSPS) is 11.4. The van der Waals surface area contributed by atoms with Crippen molar-refractivity contribution in [3.05, 3.63) is 12.8 Å². The zero-order chi connectivity index (χ0) is 9.78. The van der Waals surface area contributed by atoms with Crippen LogP contribution in [0.4, 0.5) is 0 Å². The van der Waals surface area contributed by atoms with Crippen LogP contribution >= 0.6 is 0 Å². The largest absolute Gasteiger partial charge is 0.317 e. The zero-order valence-corrected chi connectivity index (χ0v) is 8.50. The molecule has 1 amide bonds. The van der Waals surface area contributed by atoms with Crippen LogP contribution in [0, 0.1) is 5.92 Å². The molecule has 2 heteroatoms. The van der Waals surface area contributed by atoms with Gasteiger partial charge in [0.2, 0.25) is 6.41 Å². The molecule has 0 spiro atoms. The Hall–Kier alpha value is -0.790. The summed E-state index contributed by atoms with van der Waals surface area (Å²) in [7, 11) is 0. The van der Waals surface area contributed by atoms with E-state index in [0.29, 0.717) is 5.92 Å². The molecule has 0 radical (unpaired) electrons. The van der Waals surface area contributed by atoms with Gasteiger partial charge in [-0.1, -0.05) is 20.4 Å². The van der Waals surface area contributed by atoms with Gasteiger partial charge in [-0.15, -0.1) is 0 Å². The van der Waals surface area contributed by atoms with E-state index in [-0.39, 0.29) is 5.54 Å². The Balaban J connectivity index is 4.34. The first-order valence-electron chi connectivity index (χ1n) is 4.30. The first-order chi connectivity index (χ1) is 5.44. The fourth-order valence-corrected chi connectivity index (χ4v) is 1.54. The van der Waals surface area contributed by atoms with E-state index in [0.717, 1.165) is 12.8 Å². The number of carbonyl (C=O) groups is 1. The van der Waals surface area contributed by atoms with Crippen molar-refractivity contribution in [3.63, 3.8) is 0 Å². The number of hydrogen-bond acceptors (Lipinski definition) is 1. The van der Waals surface area contributed by atoms with Crippen molar-refractivity contribution >= 4 is 6.41 Å². The van der Waals surface area contributed by atoms with Crippen LogP contribution in [0.3, 0.4) is 0 Å². The molecule has 0 heterocycles. The molecule has 0 aromatic carbocycles. The van der Waals surface area contributed by atoms with Gasteiger partial charge in [-0.3, -0.25) is 4.79 Å². The third kappa shape index (κ3) is 3.07. The highest BCUT2D eigenvalue weighted by Gasteiger charge is 2.24. The van der Waals surface area contributed by atoms with Gasteiger partial charge in [0.15, 0.2) is 0 Å². The smallest absolute Gasteiger partial charge is 0.214 e. The van der Waals surface area contributed by atoms with Crippen LogP contribution in [0.15, 0.2) is 12.8 Å². The van der Waals surface area contributed by atoms with Crippen LogP contribution in [0.2, 0.25) is 0 Å². The van der Waals surface area contributed by atoms with E-state index in [1.54, 1.807) is 11.1 Å². The quantitative estimate of drug-likeness (QED) is 0.579. The van der Waals surface area contributed by atoms with Crippen LogP contribution in [0.25, 0.3) is 0 Å². The van der Waals surface area contributed by atoms with Crippen molar-refractivity contribution < 1.29 is 4.79 Å². The topological polar surface area (TPSA) is 20.3 Å². The minimum Gasteiger partial charge on any atom is -0.317 e. The Bertz CT molecular complexity index is 153. The molecule has 2 nitrogen and oxygen atoms in total. The van der Waals surface area contributed by atoms with Crippen molar-refractivity contribution in [1.82, 2.24) is 4.90 Å². The predicted molar refractivity (Wildman–Crippen MR) is 51.6 cm³/mol. The Labute approximate surface area is 75.3 Å². The van der Waals surface area contributed by atoms with Gasteiger partial charge in [0.05, 0.1) is 0 Å². The number of carbonyl (C=O) groups excluding carboxylic acids is 1. The second kappa shape index (κ2) is 4.29. The van der Waals surface area contributed by atoms with Gasteiger partial charge in [0.25, 0.3) is 0 Å². The molecule has 0 aromatic rings. The van der Waals surface area contributed by atoms with Gasteiger partial charge < -0.3 is 4.90 Å². The van der Waals surface area contributed by atoms with Crippen LogP contribution in [-0.4, -0.2) is 16.8 Å². The fourth-order valence-electron chi connectivity index (χ4n) is 1.54. The van der Waals surface area contributed by atoms with Gasteiger partial charge in [-0.25, -0.2) is 0 Å². The molecule has 0 aliphatic heterocycles. The third-order valence-corrected chi connectivity index (χ3v) is 1.92. The second-order valence-electron chi connectivity index (χ2n) is 4.11. The molecule has 0 bridgehead atoms. The van der Waals surface area contributed by atoms with Crippen LogP contribution in [-0.2, 0) is 4.79 Å². The van der Waals surface area contributed by atoms with E-state index in [9.17, 15) is 4.79 Å². The maximum Gasteiger partial charge on any atom is 0.214 e. The van der Waals surface area contributed by atoms with Gasteiger partial charge in [0.1, 0.15) is 0 Å². The summed E-state index contributed by atoms with van der Waals surface area (Å²) < 4.78 is 0. The summed E-state index contributed by atoms with van der Waals surface area (Å²) in [6.45, 7) is 12.0. The molecule has 12 heavy (non-hydrogen) atoms. The van der Waals surface area contributed by atoms with Crippen molar-refractivity contribution in [2.24, 2.45) is 5.92 Å². The van der Waals surface area contributed by atoms with Gasteiger partial charge in [-0.05, 0) is 32.4 Å². The number of amides is 1. The van der Waals surface area contributed by atoms with E-state index in [4.69, 9.17) is 0 Å². The summed E-state index contributed by atoms with van der Waals surface area (Å²) in [5.74, 6) is 0.586. The summed E-state index contributed by atoms with van der Waals surface area (Å²) in [5.41, 5.74) is -0.113. The summed E-state index contributed by atoms with van der Waals surface area (Å²) in [6.07, 6.45) is 3.39. The van der Waals surface area contributed by atoms with Crippen LogP contribution in [0.5, 0.6) is 0 Å². The van der Waals surface area contributed by atoms with E-state index in [1.165, 1.54) is 0 Å². The third-order valence-electron chi connectivity index (χ3n) is 1.92. The van der Waals surface area contributed by atoms with Crippen molar-refractivity contribution in [1.29, 1.82) is 0 Å². The lowest BCUT2D eigenvalue weighted by Gasteiger charge is -2.34. The molecule has 70 valence electrons. The molecular weight excluding hydrogens is 150 g/mol. The lowest BCUT2D eigenvalue weighted by atomic mass is 9.91. The average molecular weight is 169 g/mol. The van der Waals surface area contributed by atoms with Gasteiger partial charge in [-0.2, -0.15) is 0 Å². The van der Waals surface area contributed by atoms with Crippen LogP contribution in [0.1, 0.15) is 34.1 Å². The monoisotopic (exact) mass is 169 g/mol. The lowest BCUT2D eigenvalue weighted by Crippen LogP contribution is -2.40. The van der Waals surface area contributed by atoms with Crippen molar-refractivity contribution in [3.8, 4) is 0 Å². The number of nitrogens with zero attached hydrogens (tertiary/aromatic N) is 1. The SMILES string of the molecule is C=CN(C=O)C(C)(C)CC(C)C.